The molecule has 2 aromatic rings. The number of aromatic nitrogens is 1. The van der Waals surface area contributed by atoms with Crippen LogP contribution in [0.2, 0.25) is 0 Å². The molecule has 2 fully saturated rings. The molecule has 6 heteroatoms. The van der Waals surface area contributed by atoms with E-state index in [9.17, 15) is 9.59 Å². The topological polar surface area (TPSA) is 74.4 Å². The fourth-order valence-corrected chi connectivity index (χ4v) is 6.53. The van der Waals surface area contributed by atoms with Crippen LogP contribution in [-0.4, -0.2) is 48.4 Å². The highest BCUT2D eigenvalue weighted by Crippen LogP contribution is 2.58. The summed E-state index contributed by atoms with van der Waals surface area (Å²) >= 11 is 0. The van der Waals surface area contributed by atoms with E-state index in [1.54, 1.807) is 12.0 Å². The minimum atomic E-state index is -0.119. The van der Waals surface area contributed by atoms with E-state index in [4.69, 9.17) is 4.74 Å². The molecule has 1 saturated heterocycles. The number of aromatic amines is 1. The van der Waals surface area contributed by atoms with Gasteiger partial charge in [0.05, 0.1) is 18.9 Å². The van der Waals surface area contributed by atoms with Crippen LogP contribution in [0.25, 0.3) is 10.9 Å². The molecule has 1 saturated carbocycles. The maximum absolute atomic E-state index is 13.1. The van der Waals surface area contributed by atoms with Crippen LogP contribution in [0.15, 0.2) is 48.7 Å². The monoisotopic (exact) mass is 445 g/mol. The first kappa shape index (κ1) is 20.7. The maximum atomic E-state index is 13.1. The third kappa shape index (κ3) is 3.26. The number of hydrogen-bond donors (Lipinski definition) is 2. The van der Waals surface area contributed by atoms with Gasteiger partial charge in [-0.25, -0.2) is 0 Å². The zero-order chi connectivity index (χ0) is 22.5. The van der Waals surface area contributed by atoms with Crippen molar-refractivity contribution in [1.29, 1.82) is 0 Å². The summed E-state index contributed by atoms with van der Waals surface area (Å²) in [6, 6.07) is 6.09. The summed E-state index contributed by atoms with van der Waals surface area (Å²) in [7, 11) is 1.69. The molecule has 7 rings (SSSR count). The molecule has 5 aliphatic rings. The second kappa shape index (κ2) is 8.17. The Kier molecular flexibility index (Phi) is 5.13. The van der Waals surface area contributed by atoms with Gasteiger partial charge in [0.2, 0.25) is 11.8 Å². The normalized spacial score (nSPS) is 31.2. The molecular formula is C27H31N3O3. The van der Waals surface area contributed by atoms with Gasteiger partial charge in [-0.15, -0.1) is 0 Å². The van der Waals surface area contributed by atoms with Crippen LogP contribution >= 0.6 is 0 Å². The lowest BCUT2D eigenvalue weighted by Crippen LogP contribution is -2.50. The average molecular weight is 446 g/mol. The van der Waals surface area contributed by atoms with Gasteiger partial charge in [0, 0.05) is 23.6 Å². The van der Waals surface area contributed by atoms with Gasteiger partial charge in [-0.2, -0.15) is 0 Å². The number of nitrogens with zero attached hydrogens (tertiary/aromatic N) is 1. The number of unbranched alkanes of at least 4 members (excludes halogenated alkanes) is 1. The molecule has 0 spiro atoms. The number of likely N-dealkylation sites (tertiary alicyclic amines) is 1. The molecule has 172 valence electrons. The highest BCUT2D eigenvalue weighted by molar-refractivity contribution is 6.06. The Labute approximate surface area is 194 Å². The summed E-state index contributed by atoms with van der Waals surface area (Å²) in [4.78, 5) is 31.1. The predicted molar refractivity (Wildman–Crippen MR) is 127 cm³/mol. The third-order valence-electron chi connectivity index (χ3n) is 8.29. The minimum absolute atomic E-state index is 0.0748. The number of ether oxygens (including phenoxy) is 1. The zero-order valence-corrected chi connectivity index (χ0v) is 19.0. The van der Waals surface area contributed by atoms with Gasteiger partial charge in [0.25, 0.3) is 0 Å². The van der Waals surface area contributed by atoms with E-state index in [0.717, 1.165) is 43.6 Å². The zero-order valence-electron chi connectivity index (χ0n) is 19.0. The summed E-state index contributed by atoms with van der Waals surface area (Å²) in [6.45, 7) is 2.33. The second-order valence-electron chi connectivity index (χ2n) is 9.89. The van der Waals surface area contributed by atoms with Crippen molar-refractivity contribution < 1.29 is 14.3 Å². The summed E-state index contributed by atoms with van der Waals surface area (Å²) in [5, 5.41) is 4.71. The second-order valence-corrected chi connectivity index (χ2v) is 9.89. The SMILES string of the molecule is COc1ccc2[nH]cc(CCNCCCCN3C(=O)C4C5C=CC(C6C=CC65)C4C3=O)c2c1. The smallest absolute Gasteiger partial charge is 0.233 e. The molecule has 6 nitrogen and oxygen atoms in total. The summed E-state index contributed by atoms with van der Waals surface area (Å²) in [5.41, 5.74) is 2.40. The van der Waals surface area contributed by atoms with Crippen LogP contribution in [-0.2, 0) is 16.0 Å². The summed E-state index contributed by atoms with van der Waals surface area (Å²) in [6.07, 6.45) is 13.7. The first-order valence-electron chi connectivity index (χ1n) is 12.2. The first-order chi connectivity index (χ1) is 16.2. The Bertz CT molecular complexity index is 1110. The van der Waals surface area contributed by atoms with Gasteiger partial charge in [-0.1, -0.05) is 24.3 Å². The Balaban J connectivity index is 0.963. The van der Waals surface area contributed by atoms with E-state index >= 15 is 0 Å². The lowest BCUT2D eigenvalue weighted by molar-refractivity contribution is -0.140. The van der Waals surface area contributed by atoms with Gasteiger partial charge in [0.15, 0.2) is 0 Å². The number of H-pyrrole nitrogens is 1. The summed E-state index contributed by atoms with van der Waals surface area (Å²) < 4.78 is 5.35. The van der Waals surface area contributed by atoms with E-state index < -0.39 is 0 Å². The first-order valence-corrected chi connectivity index (χ1v) is 12.2. The predicted octanol–water partition coefficient (Wildman–Crippen LogP) is 3.31. The van der Waals surface area contributed by atoms with Gasteiger partial charge in [-0.3, -0.25) is 14.5 Å². The Hall–Kier alpha value is -2.86. The molecule has 2 N–H and O–H groups in total. The van der Waals surface area contributed by atoms with Crippen molar-refractivity contribution in [2.75, 3.05) is 26.7 Å². The molecule has 6 atom stereocenters. The van der Waals surface area contributed by atoms with Crippen LogP contribution in [0.3, 0.4) is 0 Å². The fraction of sp³-hybridized carbons (Fsp3) is 0.481. The van der Waals surface area contributed by atoms with Crippen molar-refractivity contribution in [3.8, 4) is 5.75 Å². The number of amides is 2. The van der Waals surface area contributed by atoms with Crippen molar-refractivity contribution in [2.45, 2.75) is 19.3 Å². The number of benzene rings is 1. The molecule has 2 amide bonds. The van der Waals surface area contributed by atoms with E-state index in [-0.39, 0.29) is 35.5 Å². The molecule has 6 unspecified atom stereocenters. The standard InChI is InChI=1S/C27H31N3O3/c1-33-17-4-9-23-22(14-17)16(15-29-23)10-12-28-11-2-3-13-30-26(31)24-20-7-8-21(25(24)27(30)32)19-6-5-18(19)20/h4-9,14-15,18-21,24-25,28-29H,2-3,10-13H2,1H3. The van der Waals surface area contributed by atoms with Gasteiger partial charge >= 0.3 is 0 Å². The lowest BCUT2D eigenvalue weighted by Gasteiger charge is -2.51. The Morgan fingerprint density at radius 2 is 1.64 bits per heavy atom. The molecule has 4 aliphatic carbocycles. The number of methoxy groups -OCH3 is 1. The Morgan fingerprint density at radius 1 is 0.939 bits per heavy atom. The Morgan fingerprint density at radius 3 is 2.30 bits per heavy atom. The van der Waals surface area contributed by atoms with Gasteiger partial charge < -0.3 is 15.0 Å². The number of allylic oxidation sites excluding steroid dienone is 4. The summed E-state index contributed by atoms with van der Waals surface area (Å²) in [5.74, 6) is 2.18. The number of rotatable bonds is 9. The fourth-order valence-electron chi connectivity index (χ4n) is 6.53. The largest absolute Gasteiger partial charge is 0.497 e. The van der Waals surface area contributed by atoms with E-state index in [1.165, 1.54) is 10.9 Å². The third-order valence-corrected chi connectivity index (χ3v) is 8.29. The van der Waals surface area contributed by atoms with Gasteiger partial charge in [-0.05, 0) is 79.8 Å². The molecule has 33 heavy (non-hydrogen) atoms. The van der Waals surface area contributed by atoms with Crippen LogP contribution in [0.1, 0.15) is 18.4 Å². The molecule has 1 aromatic carbocycles. The van der Waals surface area contributed by atoms with Gasteiger partial charge in [0.1, 0.15) is 5.75 Å². The molecule has 1 aromatic heterocycles. The number of nitrogens with one attached hydrogen (secondary N) is 2. The maximum Gasteiger partial charge on any atom is 0.233 e. The number of imide groups is 1. The van der Waals surface area contributed by atoms with Crippen LogP contribution in [0.5, 0.6) is 5.75 Å². The number of hydrogen-bond acceptors (Lipinski definition) is 4. The van der Waals surface area contributed by atoms with Crippen molar-refractivity contribution in [2.24, 2.45) is 35.5 Å². The van der Waals surface area contributed by atoms with E-state index in [2.05, 4.69) is 46.9 Å². The van der Waals surface area contributed by atoms with Crippen molar-refractivity contribution in [3.63, 3.8) is 0 Å². The highest BCUT2D eigenvalue weighted by Gasteiger charge is 2.62. The van der Waals surface area contributed by atoms with Crippen molar-refractivity contribution in [3.05, 3.63) is 54.3 Å². The quantitative estimate of drug-likeness (QED) is 0.353. The number of carbonyl (C=O) groups is 2. The highest BCUT2D eigenvalue weighted by atomic mass is 16.5. The van der Waals surface area contributed by atoms with Crippen LogP contribution < -0.4 is 10.1 Å². The van der Waals surface area contributed by atoms with Crippen LogP contribution in [0.4, 0.5) is 0 Å². The molecule has 1 aliphatic heterocycles. The molecule has 2 heterocycles. The van der Waals surface area contributed by atoms with Crippen molar-refractivity contribution in [1.82, 2.24) is 15.2 Å². The number of carbonyl (C=O) groups excluding carboxylic acids is 2. The van der Waals surface area contributed by atoms with E-state index in [1.807, 2.05) is 12.1 Å². The molecule has 2 bridgehead atoms. The van der Waals surface area contributed by atoms with E-state index in [0.29, 0.717) is 18.4 Å². The molecule has 0 radical (unpaired) electrons. The average Bonchev–Trinajstić information content (AvgIpc) is 3.32. The lowest BCUT2D eigenvalue weighted by atomic mass is 9.50. The minimum Gasteiger partial charge on any atom is -0.497 e. The number of fused-ring (bicyclic) bond motifs is 1. The van der Waals surface area contributed by atoms with Crippen LogP contribution in [0, 0.1) is 35.5 Å². The molecular weight excluding hydrogens is 414 g/mol. The van der Waals surface area contributed by atoms with Crippen molar-refractivity contribution >= 4 is 22.7 Å².